The van der Waals surface area contributed by atoms with Crippen molar-refractivity contribution in [1.29, 1.82) is 0 Å². The molecule has 0 saturated carbocycles. The van der Waals surface area contributed by atoms with E-state index in [9.17, 15) is 5.11 Å². The Hall–Kier alpha value is -1.69. The molecule has 0 fully saturated rings. The van der Waals surface area contributed by atoms with Gasteiger partial charge in [0.15, 0.2) is 5.82 Å². The standard InChI is InChI=1S/C9H12N4O2/c1-2-6(14)5-7-12-9(13-15-7)8-10-3-4-11-8/h3-4,6,14H,2,5H2,1H3,(H,10,11). The molecular weight excluding hydrogens is 196 g/mol. The highest BCUT2D eigenvalue weighted by molar-refractivity contribution is 5.40. The minimum Gasteiger partial charge on any atom is -0.393 e. The summed E-state index contributed by atoms with van der Waals surface area (Å²) in [6, 6.07) is 0. The summed E-state index contributed by atoms with van der Waals surface area (Å²) in [5.41, 5.74) is 0. The normalized spacial score (nSPS) is 12.9. The van der Waals surface area contributed by atoms with Crippen LogP contribution in [0.25, 0.3) is 11.6 Å². The number of aliphatic hydroxyl groups excluding tert-OH is 1. The van der Waals surface area contributed by atoms with Gasteiger partial charge in [-0.15, -0.1) is 0 Å². The molecule has 0 aliphatic heterocycles. The van der Waals surface area contributed by atoms with Crippen LogP contribution in [0, 0.1) is 0 Å². The lowest BCUT2D eigenvalue weighted by molar-refractivity contribution is 0.158. The maximum Gasteiger partial charge on any atom is 0.238 e. The van der Waals surface area contributed by atoms with Crippen molar-refractivity contribution in [2.24, 2.45) is 0 Å². The van der Waals surface area contributed by atoms with Gasteiger partial charge in [0.25, 0.3) is 0 Å². The lowest BCUT2D eigenvalue weighted by atomic mass is 10.2. The zero-order chi connectivity index (χ0) is 10.7. The van der Waals surface area contributed by atoms with Crippen LogP contribution in [-0.2, 0) is 6.42 Å². The van der Waals surface area contributed by atoms with Gasteiger partial charge in [-0.3, -0.25) is 0 Å². The van der Waals surface area contributed by atoms with Gasteiger partial charge in [-0.1, -0.05) is 12.1 Å². The Labute approximate surface area is 86.4 Å². The first-order valence-electron chi connectivity index (χ1n) is 4.80. The molecule has 0 aliphatic rings. The molecule has 0 amide bonds. The number of imidazole rings is 1. The number of aromatic nitrogens is 4. The fourth-order valence-corrected chi connectivity index (χ4v) is 1.17. The van der Waals surface area contributed by atoms with Crippen LogP contribution in [0.4, 0.5) is 0 Å². The van der Waals surface area contributed by atoms with E-state index in [-0.39, 0.29) is 0 Å². The van der Waals surface area contributed by atoms with E-state index in [1.807, 2.05) is 6.92 Å². The predicted octanol–water partition coefficient (Wildman–Crippen LogP) is 0.773. The molecule has 0 bridgehead atoms. The monoisotopic (exact) mass is 208 g/mol. The van der Waals surface area contributed by atoms with Gasteiger partial charge >= 0.3 is 0 Å². The smallest absolute Gasteiger partial charge is 0.238 e. The number of nitrogens with zero attached hydrogens (tertiary/aromatic N) is 3. The molecule has 1 atom stereocenters. The average molecular weight is 208 g/mol. The number of aliphatic hydroxyl groups is 1. The van der Waals surface area contributed by atoms with Crippen molar-refractivity contribution in [3.8, 4) is 11.6 Å². The van der Waals surface area contributed by atoms with Gasteiger partial charge in [-0.05, 0) is 6.42 Å². The quantitative estimate of drug-likeness (QED) is 0.774. The van der Waals surface area contributed by atoms with Crippen molar-refractivity contribution in [2.45, 2.75) is 25.9 Å². The van der Waals surface area contributed by atoms with Crippen molar-refractivity contribution in [3.63, 3.8) is 0 Å². The number of aromatic amines is 1. The maximum absolute atomic E-state index is 9.40. The van der Waals surface area contributed by atoms with Gasteiger partial charge in [0.05, 0.1) is 12.5 Å². The van der Waals surface area contributed by atoms with Crippen molar-refractivity contribution in [1.82, 2.24) is 20.1 Å². The summed E-state index contributed by atoms with van der Waals surface area (Å²) in [6.45, 7) is 1.90. The van der Waals surface area contributed by atoms with Gasteiger partial charge in [0, 0.05) is 12.4 Å². The highest BCUT2D eigenvalue weighted by Gasteiger charge is 2.12. The van der Waals surface area contributed by atoms with Gasteiger partial charge in [0.1, 0.15) is 0 Å². The largest absolute Gasteiger partial charge is 0.393 e. The highest BCUT2D eigenvalue weighted by Crippen LogP contribution is 2.11. The Morgan fingerprint density at radius 1 is 1.60 bits per heavy atom. The van der Waals surface area contributed by atoms with Crippen molar-refractivity contribution >= 4 is 0 Å². The first kappa shape index (κ1) is 9.85. The fraction of sp³-hybridized carbons (Fsp3) is 0.444. The maximum atomic E-state index is 9.40. The summed E-state index contributed by atoms with van der Waals surface area (Å²) in [7, 11) is 0. The molecule has 6 heteroatoms. The predicted molar refractivity (Wildman–Crippen MR) is 51.9 cm³/mol. The summed E-state index contributed by atoms with van der Waals surface area (Å²) >= 11 is 0. The van der Waals surface area contributed by atoms with Crippen LogP contribution in [0.1, 0.15) is 19.2 Å². The second-order valence-corrected chi connectivity index (χ2v) is 3.22. The molecule has 0 spiro atoms. The summed E-state index contributed by atoms with van der Waals surface area (Å²) in [4.78, 5) is 11.0. The Morgan fingerprint density at radius 3 is 3.13 bits per heavy atom. The van der Waals surface area contributed by atoms with Crippen molar-refractivity contribution in [2.75, 3.05) is 0 Å². The van der Waals surface area contributed by atoms with Crippen LogP contribution in [-0.4, -0.2) is 31.3 Å². The third-order valence-corrected chi connectivity index (χ3v) is 2.06. The first-order valence-corrected chi connectivity index (χ1v) is 4.80. The lowest BCUT2D eigenvalue weighted by Gasteiger charge is -2.01. The molecule has 2 aromatic rings. The summed E-state index contributed by atoms with van der Waals surface area (Å²) in [5.74, 6) is 1.41. The molecule has 0 aliphatic carbocycles. The second kappa shape index (κ2) is 4.22. The molecule has 2 N–H and O–H groups in total. The van der Waals surface area contributed by atoms with Crippen molar-refractivity contribution < 1.29 is 9.63 Å². The zero-order valence-electron chi connectivity index (χ0n) is 8.34. The Kier molecular flexibility index (Phi) is 2.77. The number of hydrogen-bond donors (Lipinski definition) is 2. The third kappa shape index (κ3) is 2.21. The SMILES string of the molecule is CCC(O)Cc1nc(-c2ncc[nH]2)no1. The second-order valence-electron chi connectivity index (χ2n) is 3.22. The molecule has 6 nitrogen and oxygen atoms in total. The lowest BCUT2D eigenvalue weighted by Crippen LogP contribution is -2.08. The van der Waals surface area contributed by atoms with Crippen LogP contribution in [0.2, 0.25) is 0 Å². The van der Waals surface area contributed by atoms with E-state index in [0.29, 0.717) is 30.4 Å². The topological polar surface area (TPSA) is 87.8 Å². The Morgan fingerprint density at radius 2 is 2.47 bits per heavy atom. The van der Waals surface area contributed by atoms with Gasteiger partial charge in [-0.2, -0.15) is 4.98 Å². The van der Waals surface area contributed by atoms with Crippen LogP contribution in [0.3, 0.4) is 0 Å². The number of hydrogen-bond acceptors (Lipinski definition) is 5. The molecule has 1 unspecified atom stereocenters. The fourth-order valence-electron chi connectivity index (χ4n) is 1.17. The van der Waals surface area contributed by atoms with Crippen LogP contribution in [0.5, 0.6) is 0 Å². The van der Waals surface area contributed by atoms with Gasteiger partial charge in [0.2, 0.25) is 11.7 Å². The van der Waals surface area contributed by atoms with E-state index in [0.717, 1.165) is 0 Å². The highest BCUT2D eigenvalue weighted by atomic mass is 16.5. The number of H-pyrrole nitrogens is 1. The summed E-state index contributed by atoms with van der Waals surface area (Å²) in [6.07, 6.45) is 3.91. The molecule has 2 rings (SSSR count). The van der Waals surface area contributed by atoms with E-state index in [1.54, 1.807) is 12.4 Å². The van der Waals surface area contributed by atoms with Gasteiger partial charge in [-0.25, -0.2) is 4.98 Å². The molecule has 0 saturated heterocycles. The molecule has 2 aromatic heterocycles. The minimum absolute atomic E-state index is 0.379. The van der Waals surface area contributed by atoms with E-state index >= 15 is 0 Å². The average Bonchev–Trinajstić information content (AvgIpc) is 2.85. The van der Waals surface area contributed by atoms with E-state index in [1.165, 1.54) is 0 Å². The van der Waals surface area contributed by atoms with Crippen molar-refractivity contribution in [3.05, 3.63) is 18.3 Å². The van der Waals surface area contributed by atoms with E-state index in [4.69, 9.17) is 4.52 Å². The minimum atomic E-state index is -0.435. The molecule has 2 heterocycles. The van der Waals surface area contributed by atoms with E-state index < -0.39 is 6.10 Å². The van der Waals surface area contributed by atoms with Crippen LogP contribution >= 0.6 is 0 Å². The molecule has 80 valence electrons. The van der Waals surface area contributed by atoms with Crippen LogP contribution in [0.15, 0.2) is 16.9 Å². The molecule has 15 heavy (non-hydrogen) atoms. The third-order valence-electron chi connectivity index (χ3n) is 2.06. The molecular formula is C9H12N4O2. The summed E-state index contributed by atoms with van der Waals surface area (Å²) < 4.78 is 4.98. The zero-order valence-corrected chi connectivity index (χ0v) is 8.34. The van der Waals surface area contributed by atoms with Gasteiger partial charge < -0.3 is 14.6 Å². The first-order chi connectivity index (χ1) is 7.29. The summed E-state index contributed by atoms with van der Waals surface area (Å²) in [5, 5.41) is 13.2. The number of nitrogens with one attached hydrogen (secondary N) is 1. The Bertz CT molecular complexity index is 409. The molecule has 0 radical (unpaired) electrons. The van der Waals surface area contributed by atoms with E-state index in [2.05, 4.69) is 20.1 Å². The number of rotatable bonds is 4. The molecule has 0 aromatic carbocycles. The van der Waals surface area contributed by atoms with Crippen LogP contribution < -0.4 is 0 Å². The Balaban J connectivity index is 2.11.